The van der Waals surface area contributed by atoms with E-state index in [0.29, 0.717) is 0 Å². The minimum absolute atomic E-state index is 0.721. The first-order chi connectivity index (χ1) is 9.35. The van der Waals surface area contributed by atoms with Crippen LogP contribution in [0.1, 0.15) is 49.1 Å². The first-order valence-corrected chi connectivity index (χ1v) is 8.61. The summed E-state index contributed by atoms with van der Waals surface area (Å²) in [5.74, 6) is 0. The second kappa shape index (κ2) is 4.74. The molecule has 0 saturated carbocycles. The van der Waals surface area contributed by atoms with Crippen LogP contribution in [0.25, 0.3) is 0 Å². The molecule has 0 aromatic carbocycles. The van der Waals surface area contributed by atoms with Crippen LogP contribution in [0.5, 0.6) is 0 Å². The Kier molecular flexibility index (Phi) is 3.03. The third-order valence-electron chi connectivity index (χ3n) is 5.19. The predicted molar refractivity (Wildman–Crippen MR) is 80.1 cm³/mol. The summed E-state index contributed by atoms with van der Waals surface area (Å²) in [6.45, 7) is 0. The van der Waals surface area contributed by atoms with Gasteiger partial charge in [0.1, 0.15) is 0 Å². The molecule has 2 aliphatic heterocycles. The highest BCUT2D eigenvalue weighted by Gasteiger charge is 2.39. The summed E-state index contributed by atoms with van der Waals surface area (Å²) in [6, 6.07) is 2.19. The Labute approximate surface area is 119 Å². The number of hydrogen-bond donors (Lipinski definition) is 1. The number of rotatable bonds is 2. The van der Waals surface area contributed by atoms with Gasteiger partial charge in [-0.15, -0.1) is 11.3 Å². The van der Waals surface area contributed by atoms with Crippen LogP contribution in [-0.2, 0) is 12.8 Å². The summed E-state index contributed by atoms with van der Waals surface area (Å²) in [5, 5.41) is 4.84. The van der Waals surface area contributed by atoms with Gasteiger partial charge in [0.2, 0.25) is 0 Å². The van der Waals surface area contributed by atoms with E-state index in [2.05, 4.69) is 17.3 Å². The van der Waals surface area contributed by atoms with E-state index in [1.165, 1.54) is 62.2 Å². The number of fused-ring (bicyclic) bond motifs is 3. The van der Waals surface area contributed by atoms with Gasteiger partial charge in [-0.25, -0.2) is 4.98 Å². The van der Waals surface area contributed by atoms with Crippen LogP contribution in [-0.4, -0.2) is 30.2 Å². The van der Waals surface area contributed by atoms with Gasteiger partial charge < -0.3 is 10.2 Å². The fraction of sp³-hybridized carbons (Fsp3) is 0.800. The van der Waals surface area contributed by atoms with Gasteiger partial charge in [0.25, 0.3) is 0 Å². The van der Waals surface area contributed by atoms with E-state index < -0.39 is 0 Å². The minimum Gasteiger partial charge on any atom is -0.342 e. The van der Waals surface area contributed by atoms with Gasteiger partial charge in [0.05, 0.1) is 5.69 Å². The third-order valence-corrected chi connectivity index (χ3v) is 6.36. The molecular weight excluding hydrogens is 254 g/mol. The molecule has 1 N–H and O–H groups in total. The Balaban J connectivity index is 1.62. The van der Waals surface area contributed by atoms with Crippen LogP contribution in [0, 0.1) is 0 Å². The molecule has 2 unspecified atom stereocenters. The van der Waals surface area contributed by atoms with Crippen molar-refractivity contribution in [3.05, 3.63) is 10.6 Å². The summed E-state index contributed by atoms with van der Waals surface area (Å²) < 4.78 is 0. The Morgan fingerprint density at radius 1 is 1.16 bits per heavy atom. The number of hydrogen-bond acceptors (Lipinski definition) is 4. The predicted octanol–water partition coefficient (Wildman–Crippen LogP) is 2.74. The first-order valence-electron chi connectivity index (χ1n) is 7.79. The van der Waals surface area contributed by atoms with Gasteiger partial charge >= 0.3 is 0 Å². The van der Waals surface area contributed by atoms with E-state index in [9.17, 15) is 0 Å². The van der Waals surface area contributed by atoms with Crippen LogP contribution in [0.3, 0.4) is 0 Å². The van der Waals surface area contributed by atoms with E-state index in [0.717, 1.165) is 18.1 Å². The van der Waals surface area contributed by atoms with Crippen molar-refractivity contribution in [3.8, 4) is 0 Å². The van der Waals surface area contributed by atoms with E-state index >= 15 is 0 Å². The monoisotopic (exact) mass is 277 g/mol. The van der Waals surface area contributed by atoms with Crippen LogP contribution in [0.15, 0.2) is 0 Å². The third kappa shape index (κ3) is 2.00. The van der Waals surface area contributed by atoms with Crippen LogP contribution in [0.2, 0.25) is 0 Å². The lowest BCUT2D eigenvalue weighted by Gasteiger charge is -2.49. The lowest BCUT2D eigenvalue weighted by atomic mass is 9.82. The molecule has 4 heteroatoms. The molecule has 1 aliphatic carbocycles. The second-order valence-corrected chi connectivity index (χ2v) is 7.38. The van der Waals surface area contributed by atoms with Gasteiger partial charge in [-0.05, 0) is 58.4 Å². The Morgan fingerprint density at radius 2 is 1.95 bits per heavy atom. The summed E-state index contributed by atoms with van der Waals surface area (Å²) >= 11 is 1.99. The van der Waals surface area contributed by atoms with Crippen molar-refractivity contribution in [2.24, 2.45) is 0 Å². The maximum absolute atomic E-state index is 4.97. The van der Waals surface area contributed by atoms with Crippen molar-refractivity contribution in [2.45, 2.75) is 69.5 Å². The molecule has 0 radical (unpaired) electrons. The lowest BCUT2D eigenvalue weighted by Crippen LogP contribution is -2.56. The molecule has 1 aromatic heterocycles. The maximum atomic E-state index is 4.97. The minimum atomic E-state index is 0.721. The lowest BCUT2D eigenvalue weighted by molar-refractivity contribution is 0.252. The highest BCUT2D eigenvalue weighted by molar-refractivity contribution is 7.15. The van der Waals surface area contributed by atoms with Crippen LogP contribution in [0.4, 0.5) is 5.13 Å². The van der Waals surface area contributed by atoms with Gasteiger partial charge in [-0.3, -0.25) is 0 Å². The number of thiazole rings is 1. The topological polar surface area (TPSA) is 28.2 Å². The maximum Gasteiger partial charge on any atom is 0.186 e. The Bertz CT molecular complexity index is 434. The van der Waals surface area contributed by atoms with Gasteiger partial charge in [0, 0.05) is 23.0 Å². The van der Waals surface area contributed by atoms with E-state index in [1.54, 1.807) is 4.88 Å². The van der Waals surface area contributed by atoms with Crippen molar-refractivity contribution >= 4 is 16.5 Å². The van der Waals surface area contributed by atoms with Crippen LogP contribution >= 0.6 is 11.3 Å². The molecule has 104 valence electrons. The fourth-order valence-corrected chi connectivity index (χ4v) is 5.51. The average molecular weight is 277 g/mol. The normalized spacial score (nSPS) is 33.5. The summed E-state index contributed by atoms with van der Waals surface area (Å²) in [6.07, 6.45) is 10.5. The molecule has 3 aliphatic rings. The number of nitrogens with one attached hydrogen (secondary N) is 1. The zero-order valence-corrected chi connectivity index (χ0v) is 12.5. The molecule has 2 atom stereocenters. The number of anilines is 1. The zero-order chi connectivity index (χ0) is 12.8. The van der Waals surface area contributed by atoms with Crippen molar-refractivity contribution in [1.82, 2.24) is 10.3 Å². The van der Waals surface area contributed by atoms with Crippen molar-refractivity contribution in [2.75, 3.05) is 11.9 Å². The number of aryl methyl sites for hydroxylation is 2. The summed E-state index contributed by atoms with van der Waals surface area (Å²) in [7, 11) is 2.12. The number of piperidine rings is 2. The largest absolute Gasteiger partial charge is 0.342 e. The van der Waals surface area contributed by atoms with E-state index in [-0.39, 0.29) is 0 Å². The molecule has 3 nitrogen and oxygen atoms in total. The smallest absolute Gasteiger partial charge is 0.186 e. The van der Waals surface area contributed by atoms with E-state index in [4.69, 9.17) is 4.98 Å². The summed E-state index contributed by atoms with van der Waals surface area (Å²) in [5.41, 5.74) is 1.41. The van der Waals surface area contributed by atoms with Gasteiger partial charge in [-0.1, -0.05) is 0 Å². The summed E-state index contributed by atoms with van der Waals surface area (Å²) in [4.78, 5) is 9.24. The van der Waals surface area contributed by atoms with Gasteiger partial charge in [-0.2, -0.15) is 0 Å². The SMILES string of the molecule is CNC1CC2CCCC(C1)N2c1nc2c(s1)CCC2. The standard InChI is InChI=1S/C15H23N3S/c1-16-10-8-11-4-2-5-12(9-10)18(11)15-17-13-6-3-7-14(13)19-15/h10-12,16H,2-9H2,1H3. The highest BCUT2D eigenvalue weighted by atomic mass is 32.1. The first kappa shape index (κ1) is 12.2. The average Bonchev–Trinajstić information content (AvgIpc) is 2.97. The molecule has 3 heterocycles. The van der Waals surface area contributed by atoms with Crippen molar-refractivity contribution in [1.29, 1.82) is 0 Å². The molecule has 2 fully saturated rings. The van der Waals surface area contributed by atoms with Gasteiger partial charge in [0.15, 0.2) is 5.13 Å². The molecule has 4 rings (SSSR count). The fourth-order valence-electron chi connectivity index (χ4n) is 4.22. The zero-order valence-electron chi connectivity index (χ0n) is 11.7. The number of aromatic nitrogens is 1. The Morgan fingerprint density at radius 3 is 2.63 bits per heavy atom. The number of nitrogens with zero attached hydrogens (tertiary/aromatic N) is 2. The molecular formula is C15H23N3S. The molecule has 1 aromatic rings. The highest BCUT2D eigenvalue weighted by Crippen LogP contribution is 2.41. The molecule has 0 spiro atoms. The molecule has 2 saturated heterocycles. The molecule has 19 heavy (non-hydrogen) atoms. The Hall–Kier alpha value is -0.610. The molecule has 0 amide bonds. The van der Waals surface area contributed by atoms with Crippen LogP contribution < -0.4 is 10.2 Å². The molecule has 2 bridgehead atoms. The second-order valence-electron chi connectivity index (χ2n) is 6.32. The van der Waals surface area contributed by atoms with Crippen molar-refractivity contribution < 1.29 is 0 Å². The van der Waals surface area contributed by atoms with E-state index in [1.807, 2.05) is 11.3 Å². The quantitative estimate of drug-likeness (QED) is 0.901. The van der Waals surface area contributed by atoms with Crippen molar-refractivity contribution in [3.63, 3.8) is 0 Å².